The molecule has 0 aliphatic carbocycles. The highest BCUT2D eigenvalue weighted by molar-refractivity contribution is 5.79. The molecule has 112 valence electrons. The Hall–Kier alpha value is -0.570. The van der Waals surface area contributed by atoms with E-state index in [1.54, 1.807) is 0 Å². The first-order chi connectivity index (χ1) is 8.99. The quantitative estimate of drug-likeness (QED) is 0.803. The first-order valence-electron chi connectivity index (χ1n) is 8.03. The Morgan fingerprint density at radius 2 is 1.95 bits per heavy atom. The number of piperidine rings is 1. The van der Waals surface area contributed by atoms with Gasteiger partial charge in [-0.05, 0) is 45.1 Å². The van der Waals surface area contributed by atoms with Crippen LogP contribution in [0.2, 0.25) is 0 Å². The second-order valence-corrected chi connectivity index (χ2v) is 6.43. The van der Waals surface area contributed by atoms with E-state index in [0.29, 0.717) is 23.9 Å². The van der Waals surface area contributed by atoms with Crippen molar-refractivity contribution in [3.05, 3.63) is 0 Å². The van der Waals surface area contributed by atoms with Crippen LogP contribution in [0.25, 0.3) is 0 Å². The summed E-state index contributed by atoms with van der Waals surface area (Å²) in [6, 6.07) is 0.894. The predicted octanol–water partition coefficient (Wildman–Crippen LogP) is 3.05. The summed E-state index contributed by atoms with van der Waals surface area (Å²) in [5.41, 5.74) is 0. The third-order valence-electron chi connectivity index (χ3n) is 4.20. The Kier molecular flexibility index (Phi) is 6.84. The minimum absolute atomic E-state index is 0.232. The second-order valence-electron chi connectivity index (χ2n) is 6.43. The fraction of sp³-hybridized carbons (Fsp3) is 0.938. The molecule has 1 aliphatic rings. The number of carbonyl (C=O) groups is 1. The lowest BCUT2D eigenvalue weighted by molar-refractivity contribution is -0.140. The van der Waals surface area contributed by atoms with Crippen molar-refractivity contribution in [3.63, 3.8) is 0 Å². The number of hydrogen-bond acceptors (Lipinski definition) is 2. The number of nitrogens with zero attached hydrogens (tertiary/aromatic N) is 1. The fourth-order valence-electron chi connectivity index (χ4n) is 3.13. The summed E-state index contributed by atoms with van der Waals surface area (Å²) >= 11 is 0. The molecule has 1 aliphatic heterocycles. The van der Waals surface area contributed by atoms with Crippen LogP contribution in [0.15, 0.2) is 0 Å². The van der Waals surface area contributed by atoms with Gasteiger partial charge in [0.1, 0.15) is 0 Å². The van der Waals surface area contributed by atoms with Gasteiger partial charge in [0.25, 0.3) is 0 Å². The first kappa shape index (κ1) is 16.5. The molecule has 3 nitrogen and oxygen atoms in total. The highest BCUT2D eigenvalue weighted by Gasteiger charge is 2.31. The Morgan fingerprint density at radius 1 is 1.32 bits per heavy atom. The van der Waals surface area contributed by atoms with Crippen LogP contribution in [-0.2, 0) is 4.79 Å². The summed E-state index contributed by atoms with van der Waals surface area (Å²) in [6.07, 6.45) is 4.12. The van der Waals surface area contributed by atoms with Crippen molar-refractivity contribution < 1.29 is 4.79 Å². The minimum Gasteiger partial charge on any atom is -0.339 e. The molecule has 0 spiro atoms. The van der Waals surface area contributed by atoms with Crippen LogP contribution < -0.4 is 5.32 Å². The lowest BCUT2D eigenvalue weighted by Gasteiger charge is -2.37. The van der Waals surface area contributed by atoms with E-state index in [2.05, 4.69) is 44.8 Å². The van der Waals surface area contributed by atoms with E-state index in [-0.39, 0.29) is 5.92 Å². The van der Waals surface area contributed by atoms with Crippen LogP contribution in [0, 0.1) is 11.8 Å². The summed E-state index contributed by atoms with van der Waals surface area (Å²) in [6.45, 7) is 12.9. The summed E-state index contributed by atoms with van der Waals surface area (Å²) in [4.78, 5) is 15.0. The van der Waals surface area contributed by atoms with Gasteiger partial charge in [0.15, 0.2) is 0 Å². The Bertz CT molecular complexity index is 274. The van der Waals surface area contributed by atoms with E-state index in [4.69, 9.17) is 0 Å². The van der Waals surface area contributed by atoms with Crippen LogP contribution in [0.3, 0.4) is 0 Å². The summed E-state index contributed by atoms with van der Waals surface area (Å²) in [7, 11) is 0. The predicted molar refractivity (Wildman–Crippen MR) is 81.1 cm³/mol. The second kappa shape index (κ2) is 7.88. The molecular formula is C16H32N2O. The largest absolute Gasteiger partial charge is 0.339 e. The molecule has 2 unspecified atom stereocenters. The van der Waals surface area contributed by atoms with Gasteiger partial charge in [-0.15, -0.1) is 0 Å². The molecule has 0 aromatic rings. The fourth-order valence-corrected chi connectivity index (χ4v) is 3.13. The van der Waals surface area contributed by atoms with Gasteiger partial charge in [-0.2, -0.15) is 0 Å². The van der Waals surface area contributed by atoms with Gasteiger partial charge in [0.05, 0.1) is 0 Å². The molecule has 1 heterocycles. The third-order valence-corrected chi connectivity index (χ3v) is 4.20. The van der Waals surface area contributed by atoms with Crippen molar-refractivity contribution in [1.29, 1.82) is 0 Å². The molecule has 0 bridgehead atoms. The zero-order valence-electron chi connectivity index (χ0n) is 13.4. The van der Waals surface area contributed by atoms with Crippen molar-refractivity contribution >= 4 is 5.91 Å². The molecule has 1 amide bonds. The van der Waals surface area contributed by atoms with Crippen LogP contribution in [0.1, 0.15) is 60.3 Å². The maximum Gasteiger partial charge on any atom is 0.226 e. The number of hydrogen-bond donors (Lipinski definition) is 1. The van der Waals surface area contributed by atoms with Crippen molar-refractivity contribution in [2.45, 2.75) is 72.4 Å². The van der Waals surface area contributed by atoms with E-state index in [9.17, 15) is 4.79 Å². The number of amides is 1. The highest BCUT2D eigenvalue weighted by atomic mass is 16.2. The zero-order valence-corrected chi connectivity index (χ0v) is 13.4. The maximum atomic E-state index is 12.8. The first-order valence-corrected chi connectivity index (χ1v) is 8.03. The average Bonchev–Trinajstić information content (AvgIpc) is 2.37. The molecule has 0 aromatic heterocycles. The molecule has 2 atom stereocenters. The lowest BCUT2D eigenvalue weighted by atomic mass is 9.90. The van der Waals surface area contributed by atoms with Gasteiger partial charge in [-0.25, -0.2) is 0 Å². The zero-order chi connectivity index (χ0) is 14.4. The normalized spacial score (nSPS) is 23.9. The van der Waals surface area contributed by atoms with Crippen molar-refractivity contribution in [3.8, 4) is 0 Å². The lowest BCUT2D eigenvalue weighted by Crippen LogP contribution is -2.48. The minimum atomic E-state index is 0.232. The van der Waals surface area contributed by atoms with Gasteiger partial charge in [-0.3, -0.25) is 4.79 Å². The van der Waals surface area contributed by atoms with Crippen LogP contribution >= 0.6 is 0 Å². The average molecular weight is 268 g/mol. The molecule has 1 fully saturated rings. The molecular weight excluding hydrogens is 236 g/mol. The number of nitrogens with one attached hydrogen (secondary N) is 1. The van der Waals surface area contributed by atoms with E-state index in [0.717, 1.165) is 38.8 Å². The molecule has 0 saturated carbocycles. The SMILES string of the molecule is CCC(CC)N(CC(C)C)C(=O)C1CCNC(C)C1. The van der Waals surface area contributed by atoms with Crippen LogP contribution in [-0.4, -0.2) is 36.0 Å². The molecule has 0 radical (unpaired) electrons. The maximum absolute atomic E-state index is 12.8. The van der Waals surface area contributed by atoms with E-state index >= 15 is 0 Å². The van der Waals surface area contributed by atoms with Crippen LogP contribution in [0.5, 0.6) is 0 Å². The molecule has 1 saturated heterocycles. The van der Waals surface area contributed by atoms with Crippen LogP contribution in [0.4, 0.5) is 0 Å². The number of rotatable bonds is 6. The highest BCUT2D eigenvalue weighted by Crippen LogP contribution is 2.22. The molecule has 3 heteroatoms. The Morgan fingerprint density at radius 3 is 2.42 bits per heavy atom. The van der Waals surface area contributed by atoms with E-state index < -0.39 is 0 Å². The topological polar surface area (TPSA) is 32.3 Å². The molecule has 0 aromatic carbocycles. The monoisotopic (exact) mass is 268 g/mol. The standard InChI is InChI=1S/C16H32N2O/c1-6-15(7-2)18(11-12(3)4)16(19)14-8-9-17-13(5)10-14/h12-15,17H,6-11H2,1-5H3. The summed E-state index contributed by atoms with van der Waals surface area (Å²) < 4.78 is 0. The third kappa shape index (κ3) is 4.79. The smallest absolute Gasteiger partial charge is 0.226 e. The van der Waals surface area contributed by atoms with Crippen molar-refractivity contribution in [2.75, 3.05) is 13.1 Å². The van der Waals surface area contributed by atoms with Gasteiger partial charge >= 0.3 is 0 Å². The Balaban J connectivity index is 2.74. The summed E-state index contributed by atoms with van der Waals surface area (Å²) in [5.74, 6) is 1.18. The van der Waals surface area contributed by atoms with Gasteiger partial charge < -0.3 is 10.2 Å². The van der Waals surface area contributed by atoms with Crippen molar-refractivity contribution in [1.82, 2.24) is 10.2 Å². The van der Waals surface area contributed by atoms with Gasteiger partial charge in [0.2, 0.25) is 5.91 Å². The van der Waals surface area contributed by atoms with Gasteiger partial charge in [0, 0.05) is 24.5 Å². The van der Waals surface area contributed by atoms with E-state index in [1.165, 1.54) is 0 Å². The molecule has 1 N–H and O–H groups in total. The van der Waals surface area contributed by atoms with Gasteiger partial charge in [-0.1, -0.05) is 27.7 Å². The number of carbonyl (C=O) groups excluding carboxylic acids is 1. The van der Waals surface area contributed by atoms with E-state index in [1.807, 2.05) is 0 Å². The van der Waals surface area contributed by atoms with Crippen molar-refractivity contribution in [2.24, 2.45) is 11.8 Å². The Labute approximate surface area is 119 Å². The summed E-state index contributed by atoms with van der Waals surface area (Å²) in [5, 5.41) is 3.43. The molecule has 19 heavy (non-hydrogen) atoms. The molecule has 1 rings (SSSR count).